The summed E-state index contributed by atoms with van der Waals surface area (Å²) in [5.41, 5.74) is 4.45. The minimum absolute atomic E-state index is 0.229. The fourth-order valence-electron chi connectivity index (χ4n) is 5.74. The van der Waals surface area contributed by atoms with E-state index in [1.807, 2.05) is 37.3 Å². The van der Waals surface area contributed by atoms with Crippen LogP contribution >= 0.6 is 0 Å². The van der Waals surface area contributed by atoms with Gasteiger partial charge in [-0.15, -0.1) is 0 Å². The van der Waals surface area contributed by atoms with E-state index in [-0.39, 0.29) is 18.6 Å². The normalized spacial score (nSPS) is 23.1. The Balaban J connectivity index is 1.09. The van der Waals surface area contributed by atoms with E-state index in [0.29, 0.717) is 36.5 Å². The van der Waals surface area contributed by atoms with Crippen LogP contribution in [-0.4, -0.2) is 57.7 Å². The summed E-state index contributed by atoms with van der Waals surface area (Å²) in [4.78, 5) is 33.9. The fourth-order valence-corrected chi connectivity index (χ4v) is 5.74. The molecule has 3 aliphatic heterocycles. The third-order valence-corrected chi connectivity index (χ3v) is 7.98. The molecule has 4 aromatic rings. The average molecular weight is 534 g/mol. The van der Waals surface area contributed by atoms with Crippen molar-refractivity contribution in [1.82, 2.24) is 25.3 Å². The molecule has 6 heterocycles. The van der Waals surface area contributed by atoms with Crippen molar-refractivity contribution in [3.8, 4) is 17.5 Å². The largest absolute Gasteiger partial charge is 0.375 e. The number of carbonyl (C=O) groups excluding carboxylic acids is 1. The molecule has 2 bridgehead atoms. The summed E-state index contributed by atoms with van der Waals surface area (Å²) in [6.07, 6.45) is 4.82. The second kappa shape index (κ2) is 9.62. The van der Waals surface area contributed by atoms with Gasteiger partial charge >= 0.3 is 0 Å². The number of anilines is 1. The Bertz CT molecular complexity index is 1690. The Labute approximate surface area is 231 Å². The SMILES string of the molecule is C[C@@]1(C#N)COCc2ccc(C(=O)NCc3cc4nc(-c5ccnc(N6C[C@@H]7C[C@H]6CO7)n5)ccc4cn3)cc21. The number of hydrogen-bond acceptors (Lipinski definition) is 9. The molecular weight excluding hydrogens is 506 g/mol. The molecule has 3 aromatic heterocycles. The maximum atomic E-state index is 13.0. The first-order valence-electron chi connectivity index (χ1n) is 13.4. The van der Waals surface area contributed by atoms with E-state index in [0.717, 1.165) is 53.0 Å². The molecule has 1 aromatic carbocycles. The van der Waals surface area contributed by atoms with Crippen molar-refractivity contribution in [2.45, 2.75) is 44.1 Å². The highest BCUT2D eigenvalue weighted by Gasteiger charge is 2.40. The number of ether oxygens (including phenoxy) is 2. The molecule has 3 aliphatic rings. The molecule has 2 saturated heterocycles. The number of nitriles is 1. The van der Waals surface area contributed by atoms with E-state index in [1.165, 1.54) is 0 Å². The number of morpholine rings is 1. The van der Waals surface area contributed by atoms with Gasteiger partial charge in [0, 0.05) is 29.9 Å². The van der Waals surface area contributed by atoms with Crippen molar-refractivity contribution < 1.29 is 14.3 Å². The Hall–Kier alpha value is -4.46. The Morgan fingerprint density at radius 3 is 2.90 bits per heavy atom. The molecule has 3 atom stereocenters. The summed E-state index contributed by atoms with van der Waals surface area (Å²) in [5, 5.41) is 13.5. The van der Waals surface area contributed by atoms with Gasteiger partial charge in [-0.25, -0.2) is 15.0 Å². The predicted octanol–water partition coefficient (Wildman–Crippen LogP) is 3.31. The molecule has 40 heavy (non-hydrogen) atoms. The predicted molar refractivity (Wildman–Crippen MR) is 146 cm³/mol. The van der Waals surface area contributed by atoms with Gasteiger partial charge in [-0.1, -0.05) is 6.07 Å². The van der Waals surface area contributed by atoms with Crippen LogP contribution in [-0.2, 0) is 28.0 Å². The standard InChI is InChI=1S/C30H27N7O3/c1-30(16-31)17-39-14-20-3-2-18(8-24(20)30)28(38)34-12-21-9-27-19(11-33-21)4-5-25(35-27)26-6-7-32-29(36-26)37-13-23-10-22(37)15-40-23/h2-9,11,22-23H,10,12-15,17H2,1H3,(H,34,38)/t22-,23-,30+/m0/s1. The molecule has 7 rings (SSSR count). The summed E-state index contributed by atoms with van der Waals surface area (Å²) in [6.45, 7) is 4.36. The van der Waals surface area contributed by atoms with Gasteiger partial charge in [0.2, 0.25) is 5.95 Å². The third-order valence-electron chi connectivity index (χ3n) is 7.98. The van der Waals surface area contributed by atoms with Crippen LogP contribution in [0.15, 0.2) is 54.9 Å². The number of pyridine rings is 2. The van der Waals surface area contributed by atoms with Gasteiger partial charge in [0.05, 0.1) is 67.2 Å². The average Bonchev–Trinajstić information content (AvgIpc) is 3.64. The summed E-state index contributed by atoms with van der Waals surface area (Å²) >= 11 is 0. The maximum Gasteiger partial charge on any atom is 0.251 e. The van der Waals surface area contributed by atoms with Crippen LogP contribution in [0.25, 0.3) is 22.3 Å². The first-order valence-corrected chi connectivity index (χ1v) is 13.4. The van der Waals surface area contributed by atoms with Gasteiger partial charge in [0.1, 0.15) is 5.41 Å². The van der Waals surface area contributed by atoms with E-state index >= 15 is 0 Å². The van der Waals surface area contributed by atoms with Gasteiger partial charge in [-0.3, -0.25) is 9.78 Å². The fraction of sp³-hybridized carbons (Fsp3) is 0.333. The van der Waals surface area contributed by atoms with Crippen molar-refractivity contribution in [3.63, 3.8) is 0 Å². The summed E-state index contributed by atoms with van der Waals surface area (Å²) in [7, 11) is 0. The molecule has 0 saturated carbocycles. The summed E-state index contributed by atoms with van der Waals surface area (Å²) < 4.78 is 11.3. The molecule has 0 aliphatic carbocycles. The maximum absolute atomic E-state index is 13.0. The lowest BCUT2D eigenvalue weighted by molar-refractivity contribution is 0.0757. The van der Waals surface area contributed by atoms with Crippen LogP contribution in [0.2, 0.25) is 0 Å². The topological polar surface area (TPSA) is 126 Å². The van der Waals surface area contributed by atoms with Gasteiger partial charge < -0.3 is 19.7 Å². The summed E-state index contributed by atoms with van der Waals surface area (Å²) in [5.74, 6) is 0.478. The van der Waals surface area contributed by atoms with Gasteiger partial charge in [0.25, 0.3) is 5.91 Å². The molecule has 0 spiro atoms. The van der Waals surface area contributed by atoms with E-state index in [9.17, 15) is 10.1 Å². The number of hydrogen-bond donors (Lipinski definition) is 1. The molecule has 1 N–H and O–H groups in total. The zero-order valence-electron chi connectivity index (χ0n) is 22.0. The number of carbonyl (C=O) groups is 1. The minimum atomic E-state index is -0.778. The Morgan fingerprint density at radius 1 is 1.18 bits per heavy atom. The van der Waals surface area contributed by atoms with Crippen LogP contribution in [0.3, 0.4) is 0 Å². The van der Waals surface area contributed by atoms with Crippen LogP contribution < -0.4 is 10.2 Å². The first-order chi connectivity index (χ1) is 19.5. The Kier molecular flexibility index (Phi) is 5.91. The van der Waals surface area contributed by atoms with Crippen molar-refractivity contribution >= 4 is 22.8 Å². The Morgan fingerprint density at radius 2 is 2.08 bits per heavy atom. The van der Waals surface area contributed by atoms with Crippen molar-refractivity contribution in [2.24, 2.45) is 0 Å². The zero-order chi connectivity index (χ0) is 27.3. The van der Waals surface area contributed by atoms with Crippen LogP contribution in [0.1, 0.15) is 40.5 Å². The molecule has 2 fully saturated rings. The molecule has 0 radical (unpaired) electrons. The number of fused-ring (bicyclic) bond motifs is 4. The second-order valence-corrected chi connectivity index (χ2v) is 10.8. The van der Waals surface area contributed by atoms with Crippen molar-refractivity contribution in [2.75, 3.05) is 24.7 Å². The highest BCUT2D eigenvalue weighted by molar-refractivity contribution is 5.94. The lowest BCUT2D eigenvalue weighted by Gasteiger charge is -2.30. The van der Waals surface area contributed by atoms with E-state index in [1.54, 1.807) is 24.5 Å². The van der Waals surface area contributed by atoms with E-state index in [4.69, 9.17) is 19.4 Å². The lowest BCUT2D eigenvalue weighted by Crippen LogP contribution is -2.38. The molecule has 200 valence electrons. The molecule has 1 amide bonds. The van der Waals surface area contributed by atoms with Crippen molar-refractivity contribution in [1.29, 1.82) is 5.26 Å². The zero-order valence-corrected chi connectivity index (χ0v) is 22.0. The van der Waals surface area contributed by atoms with Gasteiger partial charge in [0.15, 0.2) is 0 Å². The van der Waals surface area contributed by atoms with Gasteiger partial charge in [-0.2, -0.15) is 5.26 Å². The van der Waals surface area contributed by atoms with Crippen molar-refractivity contribution in [3.05, 3.63) is 77.2 Å². The summed E-state index contributed by atoms with van der Waals surface area (Å²) in [6, 6.07) is 15.7. The number of rotatable bonds is 5. The second-order valence-electron chi connectivity index (χ2n) is 10.8. The lowest BCUT2D eigenvalue weighted by atomic mass is 9.79. The van der Waals surface area contributed by atoms with Crippen LogP contribution in [0.5, 0.6) is 0 Å². The molecule has 10 heteroatoms. The highest BCUT2D eigenvalue weighted by atomic mass is 16.5. The molecule has 10 nitrogen and oxygen atoms in total. The number of nitrogens with one attached hydrogen (secondary N) is 1. The van der Waals surface area contributed by atoms with E-state index < -0.39 is 5.41 Å². The number of nitrogens with zero attached hydrogens (tertiary/aromatic N) is 6. The minimum Gasteiger partial charge on any atom is -0.375 e. The number of amides is 1. The number of benzene rings is 1. The van der Waals surface area contributed by atoms with E-state index in [2.05, 4.69) is 26.3 Å². The number of aromatic nitrogens is 4. The third kappa shape index (κ3) is 4.33. The first kappa shape index (κ1) is 24.6. The highest BCUT2D eigenvalue weighted by Crippen LogP contribution is 2.33. The van der Waals surface area contributed by atoms with Crippen LogP contribution in [0, 0.1) is 11.3 Å². The van der Waals surface area contributed by atoms with Crippen LogP contribution in [0.4, 0.5) is 5.95 Å². The molecule has 0 unspecified atom stereocenters. The molecular formula is C30H27N7O3. The monoisotopic (exact) mass is 533 g/mol. The van der Waals surface area contributed by atoms with Gasteiger partial charge in [-0.05, 0) is 60.9 Å². The quantitative estimate of drug-likeness (QED) is 0.411. The smallest absolute Gasteiger partial charge is 0.251 e.